The highest BCUT2D eigenvalue weighted by Crippen LogP contribution is 2.23. The zero-order valence-electron chi connectivity index (χ0n) is 7.90. The molecule has 0 aromatic carbocycles. The highest BCUT2D eigenvalue weighted by molar-refractivity contribution is 5.81. The highest BCUT2D eigenvalue weighted by Gasteiger charge is 2.22. The minimum absolute atomic E-state index is 0.0210. The average molecular weight is 206 g/mol. The predicted octanol–water partition coefficient (Wildman–Crippen LogP) is -0.426. The molecule has 1 aliphatic rings. The molecule has 0 spiro atoms. The van der Waals surface area contributed by atoms with Gasteiger partial charge in [0.05, 0.1) is 17.6 Å². The monoisotopic (exact) mass is 206 g/mol. The van der Waals surface area contributed by atoms with Crippen molar-refractivity contribution in [2.75, 3.05) is 13.1 Å². The molecular weight excluding hydrogens is 196 g/mol. The molecule has 2 aromatic heterocycles. The van der Waals surface area contributed by atoms with Gasteiger partial charge in [-0.3, -0.25) is 4.79 Å². The van der Waals surface area contributed by atoms with Crippen LogP contribution in [0.2, 0.25) is 0 Å². The minimum Gasteiger partial charge on any atom is -0.507 e. The summed E-state index contributed by atoms with van der Waals surface area (Å²) < 4.78 is 1.74. The maximum absolute atomic E-state index is 11.2. The molecule has 6 nitrogen and oxygen atoms in total. The molecule has 3 N–H and O–H groups in total. The average Bonchev–Trinajstić information content (AvgIpc) is 2.46. The van der Waals surface area contributed by atoms with E-state index in [1.165, 1.54) is 0 Å². The van der Waals surface area contributed by atoms with Gasteiger partial charge in [0.25, 0.3) is 5.56 Å². The number of aromatic hydroxyl groups is 1. The van der Waals surface area contributed by atoms with Crippen molar-refractivity contribution < 1.29 is 5.11 Å². The zero-order chi connectivity index (χ0) is 10.4. The number of nitrogens with zero attached hydrogens (tertiary/aromatic N) is 2. The quantitative estimate of drug-likeness (QED) is 0.591. The Balaban J connectivity index is 2.27. The van der Waals surface area contributed by atoms with Crippen molar-refractivity contribution in [2.45, 2.75) is 6.04 Å². The Hall–Kier alpha value is -1.82. The summed E-state index contributed by atoms with van der Waals surface area (Å²) in [7, 11) is 0. The van der Waals surface area contributed by atoms with Crippen molar-refractivity contribution in [2.24, 2.45) is 0 Å². The second-order valence-electron chi connectivity index (χ2n) is 3.68. The summed E-state index contributed by atoms with van der Waals surface area (Å²) in [4.78, 5) is 13.9. The number of hydrogen-bond donors (Lipinski definition) is 3. The minimum atomic E-state index is -0.311. The number of fused-ring (bicyclic) bond motifs is 1. The topological polar surface area (TPSA) is 82.9 Å². The number of nitrogens with one attached hydrogen (secondary N) is 2. The van der Waals surface area contributed by atoms with Crippen molar-refractivity contribution in [3.8, 4) is 5.75 Å². The van der Waals surface area contributed by atoms with Gasteiger partial charge in [0, 0.05) is 19.2 Å². The van der Waals surface area contributed by atoms with E-state index in [9.17, 15) is 9.90 Å². The maximum atomic E-state index is 11.2. The second-order valence-corrected chi connectivity index (χ2v) is 3.68. The van der Waals surface area contributed by atoms with E-state index in [0.29, 0.717) is 11.0 Å². The number of pyridine rings is 1. The number of aromatic nitrogens is 3. The van der Waals surface area contributed by atoms with Gasteiger partial charge in [-0.05, 0) is 0 Å². The van der Waals surface area contributed by atoms with Crippen LogP contribution in [0.15, 0.2) is 17.1 Å². The summed E-state index contributed by atoms with van der Waals surface area (Å²) >= 11 is 0. The van der Waals surface area contributed by atoms with Crippen molar-refractivity contribution in [1.29, 1.82) is 0 Å². The summed E-state index contributed by atoms with van der Waals surface area (Å²) in [5, 5.41) is 17.4. The number of rotatable bonds is 1. The van der Waals surface area contributed by atoms with Crippen LogP contribution in [0.1, 0.15) is 6.04 Å². The van der Waals surface area contributed by atoms with E-state index < -0.39 is 0 Å². The molecule has 0 aliphatic carbocycles. The highest BCUT2D eigenvalue weighted by atomic mass is 16.3. The van der Waals surface area contributed by atoms with Crippen LogP contribution in [-0.2, 0) is 0 Å². The first-order valence-corrected chi connectivity index (χ1v) is 4.76. The molecule has 3 heterocycles. The fourth-order valence-electron chi connectivity index (χ4n) is 1.75. The molecule has 1 saturated heterocycles. The van der Waals surface area contributed by atoms with E-state index >= 15 is 0 Å². The van der Waals surface area contributed by atoms with Crippen LogP contribution in [-0.4, -0.2) is 33.0 Å². The molecule has 6 heteroatoms. The molecule has 0 unspecified atom stereocenters. The molecule has 1 fully saturated rings. The Morgan fingerprint density at radius 2 is 2.33 bits per heavy atom. The lowest BCUT2D eigenvalue weighted by Crippen LogP contribution is -2.43. The van der Waals surface area contributed by atoms with Gasteiger partial charge >= 0.3 is 0 Å². The molecular formula is C9H10N4O2. The van der Waals surface area contributed by atoms with Crippen molar-refractivity contribution in [3.63, 3.8) is 0 Å². The molecule has 0 atom stereocenters. The normalized spacial score (nSPS) is 16.8. The SMILES string of the molecule is O=c1cc(O)c2cnn(C3CNC3)c2[nH]1. The van der Waals surface area contributed by atoms with Crippen LogP contribution in [0.5, 0.6) is 5.75 Å². The third-order valence-electron chi connectivity index (χ3n) is 2.69. The smallest absolute Gasteiger partial charge is 0.253 e. The Morgan fingerprint density at radius 1 is 1.53 bits per heavy atom. The largest absolute Gasteiger partial charge is 0.507 e. The van der Waals surface area contributed by atoms with Gasteiger partial charge in [-0.15, -0.1) is 0 Å². The van der Waals surface area contributed by atoms with Crippen LogP contribution in [0.4, 0.5) is 0 Å². The van der Waals surface area contributed by atoms with Gasteiger partial charge in [0.15, 0.2) is 0 Å². The molecule has 15 heavy (non-hydrogen) atoms. The Morgan fingerprint density at radius 3 is 3.00 bits per heavy atom. The van der Waals surface area contributed by atoms with E-state index in [4.69, 9.17) is 0 Å². The van der Waals surface area contributed by atoms with Crippen molar-refractivity contribution >= 4 is 11.0 Å². The molecule has 2 aromatic rings. The first-order chi connectivity index (χ1) is 7.25. The fourth-order valence-corrected chi connectivity index (χ4v) is 1.75. The summed E-state index contributed by atoms with van der Waals surface area (Å²) in [5.41, 5.74) is 0.278. The number of hydrogen-bond acceptors (Lipinski definition) is 4. The predicted molar refractivity (Wildman–Crippen MR) is 53.9 cm³/mol. The Bertz CT molecular complexity index is 567. The lowest BCUT2D eigenvalue weighted by molar-refractivity contribution is 0.325. The van der Waals surface area contributed by atoms with E-state index in [1.54, 1.807) is 10.9 Å². The summed E-state index contributed by atoms with van der Waals surface area (Å²) in [6.45, 7) is 1.68. The lowest BCUT2D eigenvalue weighted by atomic mass is 10.2. The summed E-state index contributed by atoms with van der Waals surface area (Å²) in [5.74, 6) is -0.0210. The van der Waals surface area contributed by atoms with Gasteiger partial charge < -0.3 is 15.4 Å². The van der Waals surface area contributed by atoms with Crippen molar-refractivity contribution in [1.82, 2.24) is 20.1 Å². The molecule has 0 saturated carbocycles. The molecule has 0 amide bonds. The van der Waals surface area contributed by atoms with Crippen LogP contribution >= 0.6 is 0 Å². The van der Waals surface area contributed by atoms with Crippen molar-refractivity contribution in [3.05, 3.63) is 22.6 Å². The van der Waals surface area contributed by atoms with E-state index in [0.717, 1.165) is 19.2 Å². The third-order valence-corrected chi connectivity index (χ3v) is 2.69. The molecule has 78 valence electrons. The van der Waals surface area contributed by atoms with Gasteiger partial charge in [0.1, 0.15) is 11.4 Å². The maximum Gasteiger partial charge on any atom is 0.253 e. The van der Waals surface area contributed by atoms with Gasteiger partial charge in [-0.2, -0.15) is 5.10 Å². The summed E-state index contributed by atoms with van der Waals surface area (Å²) in [6.07, 6.45) is 1.57. The van der Waals surface area contributed by atoms with Gasteiger partial charge in [-0.25, -0.2) is 4.68 Å². The van der Waals surface area contributed by atoms with Crippen LogP contribution in [0, 0.1) is 0 Å². The molecule has 0 bridgehead atoms. The van der Waals surface area contributed by atoms with Crippen LogP contribution in [0.25, 0.3) is 11.0 Å². The van der Waals surface area contributed by atoms with Gasteiger partial charge in [0.2, 0.25) is 0 Å². The Kier molecular flexibility index (Phi) is 1.60. The Labute approximate surface area is 84.5 Å². The van der Waals surface area contributed by atoms with E-state index in [1.807, 2.05) is 0 Å². The first kappa shape index (κ1) is 8.49. The molecule has 1 aliphatic heterocycles. The third kappa shape index (κ3) is 1.15. The van der Waals surface area contributed by atoms with Crippen LogP contribution < -0.4 is 10.9 Å². The summed E-state index contributed by atoms with van der Waals surface area (Å²) in [6, 6.07) is 1.42. The standard InChI is InChI=1S/C9H10N4O2/c14-7-1-8(15)12-9-6(7)4-11-13(9)5-2-10-3-5/h1,4-5,10H,2-3H2,(H2,12,14,15). The molecule has 3 rings (SSSR count). The van der Waals surface area contributed by atoms with Gasteiger partial charge in [-0.1, -0.05) is 0 Å². The zero-order valence-corrected chi connectivity index (χ0v) is 7.90. The van der Waals surface area contributed by atoms with Crippen LogP contribution in [0.3, 0.4) is 0 Å². The number of H-pyrrole nitrogens is 1. The molecule has 0 radical (unpaired) electrons. The van der Waals surface area contributed by atoms with E-state index in [2.05, 4.69) is 15.4 Å². The lowest BCUT2D eigenvalue weighted by Gasteiger charge is -2.27. The second kappa shape index (κ2) is 2.83. The number of aromatic amines is 1. The van der Waals surface area contributed by atoms with E-state index in [-0.39, 0.29) is 17.4 Å². The fraction of sp³-hybridized carbons (Fsp3) is 0.333. The first-order valence-electron chi connectivity index (χ1n) is 4.76.